The highest BCUT2D eigenvalue weighted by Crippen LogP contribution is 2.32. The van der Waals surface area contributed by atoms with E-state index >= 15 is 0 Å². The highest BCUT2D eigenvalue weighted by Gasteiger charge is 2.39. The van der Waals surface area contributed by atoms with Crippen LogP contribution in [0.2, 0.25) is 0 Å². The largest absolute Gasteiger partial charge is 0.490 e. The molecule has 2 heterocycles. The Labute approximate surface area is 253 Å². The van der Waals surface area contributed by atoms with Crippen LogP contribution in [-0.4, -0.2) is 69.3 Å². The zero-order valence-corrected chi connectivity index (χ0v) is 24.2. The fourth-order valence-electron chi connectivity index (χ4n) is 4.64. The fourth-order valence-corrected chi connectivity index (χ4v) is 4.64. The van der Waals surface area contributed by atoms with Gasteiger partial charge in [0.05, 0.1) is 6.04 Å². The van der Waals surface area contributed by atoms with Crippen LogP contribution >= 0.6 is 0 Å². The number of carboxylic acids is 1. The molecule has 1 fully saturated rings. The lowest BCUT2D eigenvalue weighted by atomic mass is 9.85. The number of carbonyl (C=O) groups is 3. The van der Waals surface area contributed by atoms with E-state index in [4.69, 9.17) is 9.90 Å². The van der Waals surface area contributed by atoms with Crippen LogP contribution in [0.1, 0.15) is 49.6 Å². The Morgan fingerprint density at radius 3 is 2.20 bits per heavy atom. The van der Waals surface area contributed by atoms with Crippen molar-refractivity contribution in [1.82, 2.24) is 25.7 Å². The molecule has 244 valence electrons. The number of hydrogen-bond acceptors (Lipinski definition) is 7. The second-order valence-corrected chi connectivity index (χ2v) is 10.1. The molecular weight excluding hydrogens is 612 g/mol. The van der Waals surface area contributed by atoms with Crippen molar-refractivity contribution >= 4 is 17.8 Å². The lowest BCUT2D eigenvalue weighted by Gasteiger charge is -2.38. The predicted molar refractivity (Wildman–Crippen MR) is 147 cm³/mol. The van der Waals surface area contributed by atoms with Crippen LogP contribution in [0.25, 0.3) is 11.4 Å². The third-order valence-corrected chi connectivity index (χ3v) is 7.04. The normalized spacial score (nSPS) is 17.9. The van der Waals surface area contributed by atoms with Crippen molar-refractivity contribution in [2.45, 2.75) is 63.6 Å². The topological polar surface area (TPSA) is 138 Å². The number of piperidine rings is 1. The lowest BCUT2D eigenvalue weighted by Crippen LogP contribution is -2.54. The summed E-state index contributed by atoms with van der Waals surface area (Å²) in [7, 11) is 0. The standard InChI is InChI=1S/C27H30F3N5O3.C2HF3O2/c1-3-35-14-13-21(19-7-5-4-6-8-19)15-22(35)25(37)32-17(2)24(36)31-16-18-9-11-20(12-10-18)23-33-26(38-34-23)27(28,29)30;3-2(4,5)1(6)7/h4-12,17,21-22H,3,13-16H2,1-2H3,(H,31,36)(H,32,37);(H,6,7)/t17-,21-,22+;/m0./s1. The van der Waals surface area contributed by atoms with E-state index in [-0.39, 0.29) is 36.1 Å². The van der Waals surface area contributed by atoms with Gasteiger partial charge in [0.25, 0.3) is 0 Å². The minimum absolute atomic E-state index is 0.169. The average molecular weight is 644 g/mol. The van der Waals surface area contributed by atoms with Crippen molar-refractivity contribution < 1.29 is 50.4 Å². The Morgan fingerprint density at radius 1 is 1.04 bits per heavy atom. The van der Waals surface area contributed by atoms with Crippen LogP contribution < -0.4 is 10.6 Å². The van der Waals surface area contributed by atoms with Crippen molar-refractivity contribution in [3.8, 4) is 11.4 Å². The summed E-state index contributed by atoms with van der Waals surface area (Å²) in [5, 5.41) is 16.1. The minimum Gasteiger partial charge on any atom is -0.475 e. The van der Waals surface area contributed by atoms with Gasteiger partial charge in [-0.1, -0.05) is 66.7 Å². The maximum atomic E-state index is 13.1. The molecule has 0 radical (unpaired) electrons. The molecule has 1 aromatic heterocycles. The summed E-state index contributed by atoms with van der Waals surface area (Å²) >= 11 is 0. The van der Waals surface area contributed by atoms with Gasteiger partial charge in [0.15, 0.2) is 0 Å². The molecule has 45 heavy (non-hydrogen) atoms. The van der Waals surface area contributed by atoms with E-state index in [9.17, 15) is 35.9 Å². The minimum atomic E-state index is -5.08. The number of likely N-dealkylation sites (tertiary alicyclic amines) is 1. The first-order chi connectivity index (χ1) is 21.1. The number of likely N-dealkylation sites (N-methyl/N-ethyl adjacent to an activating group) is 1. The number of nitrogens with one attached hydrogen (secondary N) is 2. The van der Waals surface area contributed by atoms with E-state index in [2.05, 4.69) is 42.3 Å². The molecule has 1 saturated heterocycles. The Balaban J connectivity index is 0.000000707. The molecule has 3 aromatic rings. The van der Waals surface area contributed by atoms with Gasteiger partial charge in [0, 0.05) is 12.1 Å². The SMILES string of the molecule is CCN1CC[C@H](c2ccccc2)C[C@@H]1C(=O)N[C@@H](C)C(=O)NCc1ccc(-c2noc(C(F)(F)F)n2)cc1.O=C(O)C(F)(F)F. The van der Waals surface area contributed by atoms with Crippen LogP contribution in [0.3, 0.4) is 0 Å². The van der Waals surface area contributed by atoms with Crippen LogP contribution in [-0.2, 0) is 27.1 Å². The van der Waals surface area contributed by atoms with Gasteiger partial charge in [-0.3, -0.25) is 14.5 Å². The highest BCUT2D eigenvalue weighted by molar-refractivity contribution is 5.89. The number of carbonyl (C=O) groups excluding carboxylic acids is 2. The number of hydrogen-bond donors (Lipinski definition) is 3. The van der Waals surface area contributed by atoms with Gasteiger partial charge in [0.2, 0.25) is 17.6 Å². The Morgan fingerprint density at radius 2 is 1.67 bits per heavy atom. The number of halogens is 6. The van der Waals surface area contributed by atoms with E-state index in [0.29, 0.717) is 12.0 Å². The molecule has 2 aromatic carbocycles. The van der Waals surface area contributed by atoms with Gasteiger partial charge in [0.1, 0.15) is 6.04 Å². The second kappa shape index (κ2) is 15.0. The van der Waals surface area contributed by atoms with Gasteiger partial charge in [-0.15, -0.1) is 0 Å². The monoisotopic (exact) mass is 643 g/mol. The summed E-state index contributed by atoms with van der Waals surface area (Å²) in [6, 6.07) is 15.5. The van der Waals surface area contributed by atoms with Crippen molar-refractivity contribution in [2.75, 3.05) is 13.1 Å². The summed E-state index contributed by atoms with van der Waals surface area (Å²) in [4.78, 5) is 40.2. The Bertz CT molecular complexity index is 1430. The molecule has 1 aliphatic heterocycles. The van der Waals surface area contributed by atoms with Crippen molar-refractivity contribution in [2.24, 2.45) is 0 Å². The smallest absolute Gasteiger partial charge is 0.475 e. The zero-order valence-electron chi connectivity index (χ0n) is 24.2. The summed E-state index contributed by atoms with van der Waals surface area (Å²) in [6.07, 6.45) is -8.13. The summed E-state index contributed by atoms with van der Waals surface area (Å²) in [6.45, 7) is 5.40. The molecule has 2 amide bonds. The summed E-state index contributed by atoms with van der Waals surface area (Å²) in [5.41, 5.74) is 2.29. The molecule has 0 saturated carbocycles. The second-order valence-electron chi connectivity index (χ2n) is 10.1. The molecule has 16 heteroatoms. The first kappa shape index (κ1) is 35.0. The Hall–Kier alpha value is -4.47. The molecule has 0 bridgehead atoms. The summed E-state index contributed by atoms with van der Waals surface area (Å²) < 4.78 is 74.0. The quantitative estimate of drug-likeness (QED) is 0.299. The molecule has 10 nitrogen and oxygen atoms in total. The molecule has 0 spiro atoms. The van der Waals surface area contributed by atoms with Gasteiger partial charge in [-0.05, 0) is 49.9 Å². The first-order valence-electron chi connectivity index (χ1n) is 13.8. The van der Waals surface area contributed by atoms with Gasteiger partial charge < -0.3 is 20.3 Å². The number of carboxylic acid groups (broad SMARTS) is 1. The molecule has 0 aliphatic carbocycles. The van der Waals surface area contributed by atoms with Crippen LogP contribution in [0.15, 0.2) is 59.1 Å². The number of aromatic nitrogens is 2. The van der Waals surface area contributed by atoms with E-state index in [1.54, 1.807) is 31.2 Å². The highest BCUT2D eigenvalue weighted by atomic mass is 19.4. The van der Waals surface area contributed by atoms with E-state index in [0.717, 1.165) is 25.1 Å². The number of aliphatic carboxylic acids is 1. The molecule has 3 N–H and O–H groups in total. The maximum absolute atomic E-state index is 13.1. The van der Waals surface area contributed by atoms with Gasteiger partial charge in [-0.2, -0.15) is 31.3 Å². The number of nitrogens with zero attached hydrogens (tertiary/aromatic N) is 3. The Kier molecular flexibility index (Phi) is 11.7. The zero-order chi connectivity index (χ0) is 33.4. The van der Waals surface area contributed by atoms with E-state index in [1.165, 1.54) is 5.56 Å². The number of benzene rings is 2. The molecule has 1 aliphatic rings. The third-order valence-electron chi connectivity index (χ3n) is 7.04. The molecular formula is C29H31F6N5O5. The van der Waals surface area contributed by atoms with E-state index in [1.807, 2.05) is 25.1 Å². The van der Waals surface area contributed by atoms with Crippen LogP contribution in [0.5, 0.6) is 0 Å². The van der Waals surface area contributed by atoms with Crippen molar-refractivity contribution in [1.29, 1.82) is 0 Å². The van der Waals surface area contributed by atoms with Crippen LogP contribution in [0, 0.1) is 0 Å². The first-order valence-corrected chi connectivity index (χ1v) is 13.8. The van der Waals surface area contributed by atoms with Gasteiger partial charge >= 0.3 is 24.2 Å². The van der Waals surface area contributed by atoms with Crippen molar-refractivity contribution in [3.05, 3.63) is 71.6 Å². The maximum Gasteiger partial charge on any atom is 0.490 e. The molecule has 4 rings (SSSR count). The van der Waals surface area contributed by atoms with Gasteiger partial charge in [-0.25, -0.2) is 4.79 Å². The van der Waals surface area contributed by atoms with E-state index < -0.39 is 30.3 Å². The average Bonchev–Trinajstić information content (AvgIpc) is 3.51. The summed E-state index contributed by atoms with van der Waals surface area (Å²) in [5.74, 6) is -4.57. The molecule has 3 atom stereocenters. The van der Waals surface area contributed by atoms with Crippen molar-refractivity contribution in [3.63, 3.8) is 0 Å². The number of amides is 2. The number of rotatable bonds is 8. The lowest BCUT2D eigenvalue weighted by molar-refractivity contribution is -0.192. The number of alkyl halides is 6. The van der Waals surface area contributed by atoms with Crippen LogP contribution in [0.4, 0.5) is 26.3 Å². The third kappa shape index (κ3) is 10.0. The molecule has 0 unspecified atom stereocenters. The predicted octanol–water partition coefficient (Wildman–Crippen LogP) is 4.78. The fraction of sp³-hybridized carbons (Fsp3) is 0.414.